The smallest absolute Gasteiger partial charge is 0.0258 e. The van der Waals surface area contributed by atoms with E-state index >= 15 is 0 Å². The molecular weight excluding hydrogens is 158 g/mol. The van der Waals surface area contributed by atoms with Gasteiger partial charge in [0, 0.05) is 18.6 Å². The van der Waals surface area contributed by atoms with Crippen LogP contribution in [0.15, 0.2) is 30.3 Å². The SMILES string of the molecule is c1ccc(CN2C3CCCC32)cc1. The summed E-state index contributed by atoms with van der Waals surface area (Å²) in [5.74, 6) is 0. The van der Waals surface area contributed by atoms with E-state index in [2.05, 4.69) is 35.2 Å². The van der Waals surface area contributed by atoms with E-state index in [0.29, 0.717) is 0 Å². The maximum absolute atomic E-state index is 2.64. The van der Waals surface area contributed by atoms with E-state index in [4.69, 9.17) is 0 Å². The third-order valence-corrected chi connectivity index (χ3v) is 3.41. The first-order chi connectivity index (χ1) is 6.45. The predicted molar refractivity (Wildman–Crippen MR) is 53.4 cm³/mol. The second-order valence-electron chi connectivity index (χ2n) is 4.22. The Kier molecular flexibility index (Phi) is 1.66. The van der Waals surface area contributed by atoms with Gasteiger partial charge in [-0.2, -0.15) is 0 Å². The maximum Gasteiger partial charge on any atom is 0.0258 e. The van der Waals surface area contributed by atoms with Gasteiger partial charge in [0.25, 0.3) is 0 Å². The molecule has 2 fully saturated rings. The molecule has 0 spiro atoms. The number of nitrogens with zero attached hydrogens (tertiary/aromatic N) is 1. The van der Waals surface area contributed by atoms with Gasteiger partial charge in [-0.15, -0.1) is 0 Å². The highest BCUT2D eigenvalue weighted by Crippen LogP contribution is 2.43. The van der Waals surface area contributed by atoms with Crippen molar-refractivity contribution in [2.75, 3.05) is 0 Å². The van der Waals surface area contributed by atoms with Crippen LogP contribution in [-0.2, 0) is 6.54 Å². The van der Waals surface area contributed by atoms with Crippen molar-refractivity contribution in [1.82, 2.24) is 4.90 Å². The second-order valence-corrected chi connectivity index (χ2v) is 4.22. The monoisotopic (exact) mass is 173 g/mol. The van der Waals surface area contributed by atoms with Crippen molar-refractivity contribution in [3.05, 3.63) is 35.9 Å². The molecule has 1 nitrogen and oxygen atoms in total. The molecule has 0 radical (unpaired) electrons. The zero-order valence-corrected chi connectivity index (χ0v) is 7.82. The topological polar surface area (TPSA) is 3.01 Å². The van der Waals surface area contributed by atoms with Gasteiger partial charge in [0.2, 0.25) is 0 Å². The average Bonchev–Trinajstić information content (AvgIpc) is 2.65. The molecular formula is C12H15N. The van der Waals surface area contributed by atoms with E-state index in [-0.39, 0.29) is 0 Å². The lowest BCUT2D eigenvalue weighted by Gasteiger charge is -2.06. The molecule has 1 aromatic carbocycles. The molecule has 0 N–H and O–H groups in total. The molecule has 1 saturated heterocycles. The molecule has 1 aliphatic heterocycles. The first-order valence-electron chi connectivity index (χ1n) is 5.25. The Balaban J connectivity index is 1.66. The molecule has 13 heavy (non-hydrogen) atoms. The van der Waals surface area contributed by atoms with Crippen molar-refractivity contribution in [2.45, 2.75) is 37.9 Å². The van der Waals surface area contributed by atoms with Crippen molar-refractivity contribution >= 4 is 0 Å². The number of benzene rings is 1. The normalized spacial score (nSPS) is 35.8. The minimum atomic E-state index is 0.945. The van der Waals surface area contributed by atoms with Gasteiger partial charge in [0.1, 0.15) is 0 Å². The molecule has 68 valence electrons. The van der Waals surface area contributed by atoms with Gasteiger partial charge in [-0.3, -0.25) is 4.90 Å². The lowest BCUT2D eigenvalue weighted by molar-refractivity contribution is 0.420. The zero-order valence-electron chi connectivity index (χ0n) is 7.82. The molecule has 1 heterocycles. The molecule has 3 rings (SSSR count). The lowest BCUT2D eigenvalue weighted by atomic mass is 10.2. The Morgan fingerprint density at radius 2 is 1.77 bits per heavy atom. The summed E-state index contributed by atoms with van der Waals surface area (Å²) in [6.07, 6.45) is 4.34. The Morgan fingerprint density at radius 1 is 1.08 bits per heavy atom. The molecule has 0 amide bonds. The Hall–Kier alpha value is -0.820. The number of rotatable bonds is 2. The third kappa shape index (κ3) is 1.28. The lowest BCUT2D eigenvalue weighted by Crippen LogP contribution is -2.05. The van der Waals surface area contributed by atoms with Crippen molar-refractivity contribution in [3.8, 4) is 0 Å². The number of hydrogen-bond acceptors (Lipinski definition) is 1. The van der Waals surface area contributed by atoms with Crippen LogP contribution in [0.1, 0.15) is 24.8 Å². The van der Waals surface area contributed by atoms with Crippen molar-refractivity contribution in [3.63, 3.8) is 0 Å². The minimum Gasteiger partial charge on any atom is -0.290 e. The van der Waals surface area contributed by atoms with E-state index in [1.54, 1.807) is 0 Å². The van der Waals surface area contributed by atoms with Gasteiger partial charge in [-0.05, 0) is 18.4 Å². The number of fused-ring (bicyclic) bond motifs is 1. The van der Waals surface area contributed by atoms with Crippen LogP contribution in [0, 0.1) is 0 Å². The third-order valence-electron chi connectivity index (χ3n) is 3.41. The highest BCUT2D eigenvalue weighted by molar-refractivity contribution is 5.18. The molecule has 2 unspecified atom stereocenters. The molecule has 0 aromatic heterocycles. The first kappa shape index (κ1) is 7.57. The van der Waals surface area contributed by atoms with Crippen molar-refractivity contribution < 1.29 is 0 Å². The number of piperidine rings is 1. The zero-order chi connectivity index (χ0) is 8.67. The van der Waals surface area contributed by atoms with Gasteiger partial charge >= 0.3 is 0 Å². The second kappa shape index (κ2) is 2.85. The van der Waals surface area contributed by atoms with Crippen LogP contribution in [0.25, 0.3) is 0 Å². The summed E-state index contributed by atoms with van der Waals surface area (Å²) < 4.78 is 0. The summed E-state index contributed by atoms with van der Waals surface area (Å²) in [7, 11) is 0. The maximum atomic E-state index is 2.64. The summed E-state index contributed by atoms with van der Waals surface area (Å²) in [6, 6.07) is 12.7. The van der Waals surface area contributed by atoms with E-state index in [0.717, 1.165) is 12.1 Å². The summed E-state index contributed by atoms with van der Waals surface area (Å²) in [6.45, 7) is 1.18. The molecule has 0 bridgehead atoms. The molecule has 1 aromatic rings. The van der Waals surface area contributed by atoms with Gasteiger partial charge in [-0.25, -0.2) is 0 Å². The number of likely N-dealkylation sites (tertiary alicyclic amines) is 1. The fourth-order valence-corrected chi connectivity index (χ4v) is 2.67. The largest absolute Gasteiger partial charge is 0.290 e. The van der Waals surface area contributed by atoms with Gasteiger partial charge in [0.15, 0.2) is 0 Å². The fourth-order valence-electron chi connectivity index (χ4n) is 2.67. The molecule has 2 atom stereocenters. The number of hydrogen-bond donors (Lipinski definition) is 0. The summed E-state index contributed by atoms with van der Waals surface area (Å²) in [5, 5.41) is 0. The summed E-state index contributed by atoms with van der Waals surface area (Å²) in [5.41, 5.74) is 1.47. The molecule has 1 aliphatic carbocycles. The van der Waals surface area contributed by atoms with Crippen LogP contribution in [0.2, 0.25) is 0 Å². The van der Waals surface area contributed by atoms with E-state index in [1.807, 2.05) is 0 Å². The van der Waals surface area contributed by atoms with Crippen LogP contribution in [0.3, 0.4) is 0 Å². The highest BCUT2D eigenvalue weighted by Gasteiger charge is 2.49. The van der Waals surface area contributed by atoms with Gasteiger partial charge in [0.05, 0.1) is 0 Å². The van der Waals surface area contributed by atoms with E-state index in [1.165, 1.54) is 31.4 Å². The Labute approximate surface area is 79.4 Å². The predicted octanol–water partition coefficient (Wildman–Crippen LogP) is 2.42. The van der Waals surface area contributed by atoms with Crippen LogP contribution < -0.4 is 0 Å². The van der Waals surface area contributed by atoms with E-state index < -0.39 is 0 Å². The standard InChI is InChI=1S/C12H15N/c1-2-5-10(6-3-1)9-13-11-7-4-8-12(11)13/h1-3,5-6,11-12H,4,7-9H2. The Morgan fingerprint density at radius 3 is 2.46 bits per heavy atom. The summed E-state index contributed by atoms with van der Waals surface area (Å²) in [4.78, 5) is 2.64. The average molecular weight is 173 g/mol. The quantitative estimate of drug-likeness (QED) is 0.621. The highest BCUT2D eigenvalue weighted by atomic mass is 15.4. The molecule has 1 heteroatoms. The molecule has 1 saturated carbocycles. The van der Waals surface area contributed by atoms with Crippen LogP contribution in [0.5, 0.6) is 0 Å². The first-order valence-corrected chi connectivity index (χ1v) is 5.25. The van der Waals surface area contributed by atoms with Crippen molar-refractivity contribution in [1.29, 1.82) is 0 Å². The van der Waals surface area contributed by atoms with Crippen molar-refractivity contribution in [2.24, 2.45) is 0 Å². The summed E-state index contributed by atoms with van der Waals surface area (Å²) >= 11 is 0. The van der Waals surface area contributed by atoms with Gasteiger partial charge < -0.3 is 0 Å². The Bertz CT molecular complexity index is 283. The van der Waals surface area contributed by atoms with Crippen LogP contribution in [-0.4, -0.2) is 17.0 Å². The van der Waals surface area contributed by atoms with Crippen LogP contribution >= 0.6 is 0 Å². The van der Waals surface area contributed by atoms with E-state index in [9.17, 15) is 0 Å². The van der Waals surface area contributed by atoms with Crippen LogP contribution in [0.4, 0.5) is 0 Å². The molecule has 2 aliphatic rings. The minimum absolute atomic E-state index is 0.945. The fraction of sp³-hybridized carbons (Fsp3) is 0.500. The van der Waals surface area contributed by atoms with Gasteiger partial charge in [-0.1, -0.05) is 36.8 Å².